The zero-order valence-corrected chi connectivity index (χ0v) is 22.0. The van der Waals surface area contributed by atoms with Crippen LogP contribution in [0.3, 0.4) is 0 Å². The van der Waals surface area contributed by atoms with Crippen LogP contribution in [-0.4, -0.2) is 39.6 Å². The van der Waals surface area contributed by atoms with Gasteiger partial charge in [-0.25, -0.2) is 14.8 Å². The first-order valence-electron chi connectivity index (χ1n) is 12.2. The third-order valence-electron chi connectivity index (χ3n) is 6.08. The second-order valence-electron chi connectivity index (χ2n) is 10.3. The van der Waals surface area contributed by atoms with Gasteiger partial charge >= 0.3 is 12.0 Å². The molecule has 7 nitrogen and oxygen atoms in total. The Morgan fingerprint density at radius 3 is 2.49 bits per heavy atom. The van der Waals surface area contributed by atoms with Crippen molar-refractivity contribution in [3.63, 3.8) is 0 Å². The monoisotopic (exact) mass is 497 g/mol. The zero-order valence-electron chi connectivity index (χ0n) is 21.2. The smallest absolute Gasteiger partial charge is 0.348 e. The molecule has 35 heavy (non-hydrogen) atoms. The first-order valence-corrected chi connectivity index (χ1v) is 13.0. The van der Waals surface area contributed by atoms with Gasteiger partial charge in [-0.05, 0) is 71.4 Å². The lowest BCUT2D eigenvalue weighted by molar-refractivity contribution is -0.124. The van der Waals surface area contributed by atoms with E-state index in [-0.39, 0.29) is 34.2 Å². The van der Waals surface area contributed by atoms with Crippen molar-refractivity contribution in [3.8, 4) is 17.9 Å². The number of nitrogens with zero attached hydrogens (tertiary/aromatic N) is 3. The maximum atomic E-state index is 13.8. The van der Waals surface area contributed by atoms with Crippen molar-refractivity contribution in [2.75, 3.05) is 11.5 Å². The predicted octanol–water partition coefficient (Wildman–Crippen LogP) is 5.65. The number of amides is 1. The second kappa shape index (κ2) is 11.7. The molecule has 1 N–H and O–H groups in total. The highest BCUT2D eigenvalue weighted by Crippen LogP contribution is 2.36. The van der Waals surface area contributed by atoms with Gasteiger partial charge in [0.25, 0.3) is 0 Å². The van der Waals surface area contributed by atoms with E-state index in [0.717, 1.165) is 37.0 Å². The molecule has 2 aromatic rings. The van der Waals surface area contributed by atoms with E-state index in [1.807, 2.05) is 27.7 Å². The molecule has 1 atom stereocenters. The normalized spacial score (nSPS) is 18.8. The van der Waals surface area contributed by atoms with E-state index >= 15 is 0 Å². The predicted molar refractivity (Wildman–Crippen MR) is 138 cm³/mol. The molecule has 0 saturated heterocycles. The summed E-state index contributed by atoms with van der Waals surface area (Å²) >= 11 is 1.12. The number of aromatic carboxylic acids is 1. The molecule has 0 radical (unpaired) electrons. The van der Waals surface area contributed by atoms with Crippen molar-refractivity contribution in [1.29, 1.82) is 0 Å². The summed E-state index contributed by atoms with van der Waals surface area (Å²) < 4.78 is 5.66. The van der Waals surface area contributed by atoms with Crippen LogP contribution in [0.4, 0.5) is 5.69 Å². The Kier molecular flexibility index (Phi) is 8.90. The van der Waals surface area contributed by atoms with Gasteiger partial charge in [-0.15, -0.1) is 11.3 Å². The van der Waals surface area contributed by atoms with Crippen LogP contribution in [0.25, 0.3) is 0 Å². The standard InChI is InChI=1S/C27H35N3O4S/c1-18-7-9-20(10-8-18)24(31)30(19(2)12-16-34-26-28-14-6-15-29-26)22-17-21(11-13-27(3,4)5)35-23(22)25(32)33/h6,14-15,17-20H,7-10,12,16H2,1-5H3,(H,32,33)/t18?,19-,20?/m0/s1. The molecule has 0 aliphatic heterocycles. The molecule has 1 fully saturated rings. The van der Waals surface area contributed by atoms with Crippen LogP contribution in [0.1, 0.15) is 81.3 Å². The maximum absolute atomic E-state index is 13.8. The molecule has 0 bridgehead atoms. The average molecular weight is 498 g/mol. The second-order valence-corrected chi connectivity index (χ2v) is 11.4. The van der Waals surface area contributed by atoms with Crippen molar-refractivity contribution >= 4 is 28.9 Å². The van der Waals surface area contributed by atoms with E-state index in [4.69, 9.17) is 4.74 Å². The zero-order chi connectivity index (χ0) is 25.6. The fourth-order valence-electron chi connectivity index (χ4n) is 4.11. The molecule has 1 aliphatic carbocycles. The van der Waals surface area contributed by atoms with E-state index in [2.05, 4.69) is 28.7 Å². The highest BCUT2D eigenvalue weighted by atomic mass is 32.1. The number of hydrogen-bond donors (Lipinski definition) is 1. The van der Waals surface area contributed by atoms with Crippen molar-refractivity contribution in [1.82, 2.24) is 9.97 Å². The topological polar surface area (TPSA) is 92.6 Å². The third-order valence-corrected chi connectivity index (χ3v) is 7.11. The third kappa shape index (κ3) is 7.53. The molecule has 1 aliphatic rings. The number of carbonyl (C=O) groups excluding carboxylic acids is 1. The van der Waals surface area contributed by atoms with Crippen molar-refractivity contribution in [3.05, 3.63) is 34.3 Å². The highest BCUT2D eigenvalue weighted by Gasteiger charge is 2.34. The molecular formula is C27H35N3O4S. The minimum atomic E-state index is -1.05. The summed E-state index contributed by atoms with van der Waals surface area (Å²) in [4.78, 5) is 36.6. The number of hydrogen-bond acceptors (Lipinski definition) is 6. The molecule has 188 valence electrons. The van der Waals surface area contributed by atoms with Crippen molar-refractivity contribution in [2.45, 2.75) is 72.8 Å². The fourth-order valence-corrected chi connectivity index (χ4v) is 4.95. The number of rotatable bonds is 8. The molecule has 8 heteroatoms. The van der Waals surface area contributed by atoms with Crippen LogP contribution in [0, 0.1) is 29.1 Å². The molecule has 1 amide bonds. The molecule has 0 unspecified atom stereocenters. The number of ether oxygens (including phenoxy) is 1. The minimum Gasteiger partial charge on any atom is -0.477 e. The van der Waals surface area contributed by atoms with Crippen LogP contribution in [0.2, 0.25) is 0 Å². The van der Waals surface area contributed by atoms with Crippen molar-refractivity contribution in [2.24, 2.45) is 17.3 Å². The van der Waals surface area contributed by atoms with E-state index in [9.17, 15) is 14.7 Å². The van der Waals surface area contributed by atoms with Crippen LogP contribution >= 0.6 is 11.3 Å². The quantitative estimate of drug-likeness (QED) is 0.474. The van der Waals surface area contributed by atoms with E-state index < -0.39 is 5.97 Å². The van der Waals surface area contributed by atoms with E-state index in [0.29, 0.717) is 29.5 Å². The van der Waals surface area contributed by atoms with Gasteiger partial charge in [0.1, 0.15) is 4.88 Å². The fraction of sp³-hybridized carbons (Fsp3) is 0.556. The van der Waals surface area contributed by atoms with Crippen LogP contribution in [0.5, 0.6) is 6.01 Å². The summed E-state index contributed by atoms with van der Waals surface area (Å²) in [5.74, 6) is 5.70. The number of carboxylic acids is 1. The highest BCUT2D eigenvalue weighted by molar-refractivity contribution is 7.15. The first kappa shape index (κ1) is 26.7. The van der Waals surface area contributed by atoms with Crippen molar-refractivity contribution < 1.29 is 19.4 Å². The van der Waals surface area contributed by atoms with Gasteiger partial charge in [-0.3, -0.25) is 4.79 Å². The summed E-state index contributed by atoms with van der Waals surface area (Å²) in [5.41, 5.74) is 0.208. The first-order chi connectivity index (χ1) is 16.5. The summed E-state index contributed by atoms with van der Waals surface area (Å²) in [6, 6.07) is 3.47. The molecule has 2 heterocycles. The molecular weight excluding hydrogens is 462 g/mol. The number of anilines is 1. The molecule has 0 spiro atoms. The van der Waals surface area contributed by atoms with Gasteiger partial charge in [0, 0.05) is 36.2 Å². The van der Waals surface area contributed by atoms with E-state index in [1.165, 1.54) is 0 Å². The summed E-state index contributed by atoms with van der Waals surface area (Å²) in [5, 5.41) is 9.97. The number of carboxylic acid groups (broad SMARTS) is 1. The Hall–Kier alpha value is -2.92. The van der Waals surface area contributed by atoms with Gasteiger partial charge in [-0.1, -0.05) is 18.8 Å². The van der Waals surface area contributed by atoms with E-state index in [1.54, 1.807) is 29.4 Å². The Labute approximate surface area is 211 Å². The average Bonchev–Trinajstić information content (AvgIpc) is 3.23. The number of thiophene rings is 1. The Morgan fingerprint density at radius 1 is 1.23 bits per heavy atom. The SMILES string of the molecule is CC1CCC(C(=O)N(c2cc(C#CC(C)(C)C)sc2C(=O)O)[C@@H](C)CCOc2ncccn2)CC1. The number of carbonyl (C=O) groups is 2. The Morgan fingerprint density at radius 2 is 1.89 bits per heavy atom. The minimum absolute atomic E-state index is 0.0176. The molecule has 1 saturated carbocycles. The largest absolute Gasteiger partial charge is 0.477 e. The molecule has 2 aromatic heterocycles. The summed E-state index contributed by atoms with van der Waals surface area (Å²) in [6.07, 6.45) is 7.37. The lowest BCUT2D eigenvalue weighted by Crippen LogP contribution is -2.44. The molecule has 0 aromatic carbocycles. The summed E-state index contributed by atoms with van der Waals surface area (Å²) in [7, 11) is 0. The van der Waals surface area contributed by atoms with Gasteiger partial charge in [0.05, 0.1) is 17.2 Å². The molecule has 3 rings (SSSR count). The Balaban J connectivity index is 1.90. The summed E-state index contributed by atoms with van der Waals surface area (Å²) in [6.45, 7) is 10.5. The van der Waals surface area contributed by atoms with Gasteiger partial charge < -0.3 is 14.7 Å². The maximum Gasteiger partial charge on any atom is 0.348 e. The Bertz CT molecular complexity index is 1070. The van der Waals surface area contributed by atoms with Gasteiger partial charge in [-0.2, -0.15) is 0 Å². The van der Waals surface area contributed by atoms with Gasteiger partial charge in [0.15, 0.2) is 0 Å². The lowest BCUT2D eigenvalue weighted by Gasteiger charge is -2.34. The van der Waals surface area contributed by atoms with Crippen LogP contribution in [-0.2, 0) is 4.79 Å². The lowest BCUT2D eigenvalue weighted by atomic mass is 9.82. The van der Waals surface area contributed by atoms with Crippen LogP contribution in [0.15, 0.2) is 24.5 Å². The van der Waals surface area contributed by atoms with Crippen LogP contribution < -0.4 is 9.64 Å². The number of aromatic nitrogens is 2. The van der Waals surface area contributed by atoms with Gasteiger partial charge in [0.2, 0.25) is 5.91 Å².